The molecule has 11 heavy (non-hydrogen) atoms. The van der Waals surface area contributed by atoms with E-state index in [1.165, 1.54) is 6.08 Å². The third-order valence-electron chi connectivity index (χ3n) is 1.04. The number of aliphatic hydroxyl groups excluding tert-OH is 1. The Kier molecular flexibility index (Phi) is 3.11. The second-order valence-corrected chi connectivity index (χ2v) is 3.83. The predicted octanol–water partition coefficient (Wildman–Crippen LogP) is 1.80. The third-order valence-corrected chi connectivity index (χ3v) is 1.04. The lowest BCUT2D eigenvalue weighted by Gasteiger charge is -2.16. The Hall–Kier alpha value is -0.990. The van der Waals surface area contributed by atoms with Crippen molar-refractivity contribution in [2.75, 3.05) is 0 Å². The van der Waals surface area contributed by atoms with Crippen molar-refractivity contribution in [1.29, 1.82) is 5.41 Å². The summed E-state index contributed by atoms with van der Waals surface area (Å²) in [7, 11) is 0. The predicted molar refractivity (Wildman–Crippen MR) is 46.7 cm³/mol. The fourth-order valence-electron chi connectivity index (χ4n) is 0.801. The molecule has 3 heteroatoms. The van der Waals surface area contributed by atoms with Gasteiger partial charge in [-0.1, -0.05) is 20.8 Å². The highest BCUT2D eigenvalue weighted by molar-refractivity contribution is 5.92. The van der Waals surface area contributed by atoms with Crippen molar-refractivity contribution in [3.8, 4) is 0 Å². The van der Waals surface area contributed by atoms with Crippen LogP contribution in [0.15, 0.2) is 12.0 Å². The molecular weight excluding hydrogens is 140 g/mol. The lowest BCUT2D eigenvalue weighted by atomic mass is 9.89. The van der Waals surface area contributed by atoms with Crippen LogP contribution in [0.5, 0.6) is 0 Å². The third kappa shape index (κ3) is 6.90. The summed E-state index contributed by atoms with van der Waals surface area (Å²) < 4.78 is 0. The highest BCUT2D eigenvalue weighted by atomic mass is 16.3. The Bertz CT molecular complexity index is 173. The summed E-state index contributed by atoms with van der Waals surface area (Å²) >= 11 is 0. The minimum atomic E-state index is -0.292. The zero-order valence-corrected chi connectivity index (χ0v) is 7.31. The number of hydrogen-bond donors (Lipinski definition) is 3. The molecule has 0 atom stereocenters. The van der Waals surface area contributed by atoms with Crippen LogP contribution in [0.25, 0.3) is 0 Å². The largest absolute Gasteiger partial charge is 0.495 e. The standard InChI is InChI=1S/C8H16N2O/c1-8(2,3)5-6(9)4-7(10)11/h4,9,11H,5,10H2,1-3H3/b7-4-,9-6?. The first-order valence-electron chi connectivity index (χ1n) is 3.55. The summed E-state index contributed by atoms with van der Waals surface area (Å²) in [4.78, 5) is 0. The number of hydrogen-bond acceptors (Lipinski definition) is 3. The minimum Gasteiger partial charge on any atom is -0.495 e. The van der Waals surface area contributed by atoms with E-state index in [-0.39, 0.29) is 11.3 Å². The molecule has 0 aromatic carbocycles. The molecule has 0 aliphatic carbocycles. The van der Waals surface area contributed by atoms with E-state index in [0.29, 0.717) is 12.1 Å². The lowest BCUT2D eigenvalue weighted by Crippen LogP contribution is -2.11. The molecule has 0 aromatic heterocycles. The summed E-state index contributed by atoms with van der Waals surface area (Å²) in [6.07, 6.45) is 1.89. The van der Waals surface area contributed by atoms with Crippen molar-refractivity contribution in [3.63, 3.8) is 0 Å². The molecule has 3 nitrogen and oxygen atoms in total. The Morgan fingerprint density at radius 1 is 1.55 bits per heavy atom. The fourth-order valence-corrected chi connectivity index (χ4v) is 0.801. The Labute approximate surface area is 67.4 Å². The van der Waals surface area contributed by atoms with E-state index in [2.05, 4.69) is 0 Å². The van der Waals surface area contributed by atoms with Crippen molar-refractivity contribution in [2.45, 2.75) is 27.2 Å². The van der Waals surface area contributed by atoms with E-state index in [1.54, 1.807) is 0 Å². The van der Waals surface area contributed by atoms with Crippen molar-refractivity contribution >= 4 is 5.71 Å². The highest BCUT2D eigenvalue weighted by Gasteiger charge is 2.11. The minimum absolute atomic E-state index is 0.0725. The zero-order valence-electron chi connectivity index (χ0n) is 7.31. The first-order chi connectivity index (χ1) is 4.81. The van der Waals surface area contributed by atoms with Crippen LogP contribution in [-0.2, 0) is 0 Å². The summed E-state index contributed by atoms with van der Waals surface area (Å²) in [5.74, 6) is -0.292. The SMILES string of the molecule is CC(C)(C)CC(=N)/C=C(/N)O. The van der Waals surface area contributed by atoms with Crippen LogP contribution in [0.1, 0.15) is 27.2 Å². The van der Waals surface area contributed by atoms with Crippen molar-refractivity contribution < 1.29 is 5.11 Å². The molecule has 0 heterocycles. The molecule has 0 saturated carbocycles. The van der Waals surface area contributed by atoms with Gasteiger partial charge in [0.2, 0.25) is 0 Å². The fraction of sp³-hybridized carbons (Fsp3) is 0.625. The maximum absolute atomic E-state index is 8.62. The average molecular weight is 156 g/mol. The smallest absolute Gasteiger partial charge is 0.183 e. The highest BCUT2D eigenvalue weighted by Crippen LogP contribution is 2.18. The van der Waals surface area contributed by atoms with Gasteiger partial charge in [-0.05, 0) is 11.8 Å². The number of aliphatic hydroxyl groups is 1. The van der Waals surface area contributed by atoms with Gasteiger partial charge in [-0.2, -0.15) is 0 Å². The molecule has 0 aromatic rings. The van der Waals surface area contributed by atoms with Crippen LogP contribution in [0.4, 0.5) is 0 Å². The molecule has 0 aliphatic heterocycles. The molecule has 0 bridgehead atoms. The maximum atomic E-state index is 8.62. The number of allylic oxidation sites excluding steroid dienone is 1. The first kappa shape index (κ1) is 10.0. The number of rotatable bonds is 2. The van der Waals surface area contributed by atoms with Crippen molar-refractivity contribution in [1.82, 2.24) is 0 Å². The molecule has 0 aliphatic rings. The second kappa shape index (κ2) is 3.42. The van der Waals surface area contributed by atoms with Crippen molar-refractivity contribution in [2.24, 2.45) is 11.1 Å². The van der Waals surface area contributed by atoms with E-state index in [1.807, 2.05) is 20.8 Å². The van der Waals surface area contributed by atoms with Gasteiger partial charge in [0, 0.05) is 11.8 Å². The quantitative estimate of drug-likeness (QED) is 0.421. The Morgan fingerprint density at radius 2 is 2.00 bits per heavy atom. The van der Waals surface area contributed by atoms with E-state index in [9.17, 15) is 0 Å². The normalized spacial score (nSPS) is 13.2. The second-order valence-electron chi connectivity index (χ2n) is 3.83. The van der Waals surface area contributed by atoms with Gasteiger partial charge in [-0.3, -0.25) is 0 Å². The van der Waals surface area contributed by atoms with Gasteiger partial charge in [0.25, 0.3) is 0 Å². The molecule has 0 saturated heterocycles. The van der Waals surface area contributed by atoms with Crippen molar-refractivity contribution in [3.05, 3.63) is 12.0 Å². The zero-order chi connectivity index (χ0) is 9.07. The summed E-state index contributed by atoms with van der Waals surface area (Å²) in [6, 6.07) is 0. The van der Waals surface area contributed by atoms with E-state index < -0.39 is 0 Å². The monoisotopic (exact) mass is 156 g/mol. The van der Waals surface area contributed by atoms with Crippen LogP contribution in [0.3, 0.4) is 0 Å². The van der Waals surface area contributed by atoms with E-state index in [4.69, 9.17) is 16.2 Å². The molecule has 0 unspecified atom stereocenters. The molecule has 64 valence electrons. The van der Waals surface area contributed by atoms with Gasteiger partial charge in [0.15, 0.2) is 5.88 Å². The molecule has 0 amide bonds. The van der Waals surface area contributed by atoms with Gasteiger partial charge < -0.3 is 16.2 Å². The van der Waals surface area contributed by atoms with Crippen LogP contribution in [0, 0.1) is 10.8 Å². The first-order valence-corrected chi connectivity index (χ1v) is 3.55. The molecule has 0 radical (unpaired) electrons. The van der Waals surface area contributed by atoms with Crippen LogP contribution in [-0.4, -0.2) is 10.8 Å². The van der Waals surface area contributed by atoms with Gasteiger partial charge in [0.05, 0.1) is 0 Å². The van der Waals surface area contributed by atoms with Crippen LogP contribution < -0.4 is 5.73 Å². The summed E-state index contributed by atoms with van der Waals surface area (Å²) in [5.41, 5.74) is 5.42. The molecule has 0 rings (SSSR count). The van der Waals surface area contributed by atoms with Gasteiger partial charge in [-0.15, -0.1) is 0 Å². The molecule has 0 spiro atoms. The maximum Gasteiger partial charge on any atom is 0.183 e. The Balaban J connectivity index is 4.00. The Morgan fingerprint density at radius 3 is 2.27 bits per heavy atom. The van der Waals surface area contributed by atoms with E-state index in [0.717, 1.165) is 0 Å². The number of nitrogens with one attached hydrogen (secondary N) is 1. The molecular formula is C8H16N2O. The average Bonchev–Trinajstić information content (AvgIpc) is 1.53. The van der Waals surface area contributed by atoms with Gasteiger partial charge in [0.1, 0.15) is 0 Å². The number of nitrogens with two attached hydrogens (primary N) is 1. The van der Waals surface area contributed by atoms with Gasteiger partial charge >= 0.3 is 0 Å². The lowest BCUT2D eigenvalue weighted by molar-refractivity contribution is 0.404. The van der Waals surface area contributed by atoms with Crippen LogP contribution in [0.2, 0.25) is 0 Å². The van der Waals surface area contributed by atoms with Gasteiger partial charge in [-0.25, -0.2) is 0 Å². The molecule has 4 N–H and O–H groups in total. The topological polar surface area (TPSA) is 70.1 Å². The van der Waals surface area contributed by atoms with Crippen LogP contribution >= 0.6 is 0 Å². The summed E-state index contributed by atoms with van der Waals surface area (Å²) in [5, 5.41) is 16.0. The summed E-state index contributed by atoms with van der Waals surface area (Å²) in [6.45, 7) is 6.09. The molecule has 0 fully saturated rings. The van der Waals surface area contributed by atoms with E-state index >= 15 is 0 Å².